The molecule has 0 saturated heterocycles. The number of amides is 1. The Bertz CT molecular complexity index is 446. The minimum atomic E-state index is -0.613. The van der Waals surface area contributed by atoms with Crippen LogP contribution in [0.3, 0.4) is 0 Å². The van der Waals surface area contributed by atoms with Crippen molar-refractivity contribution in [2.45, 2.75) is 84.1 Å². The lowest BCUT2D eigenvalue weighted by atomic mass is 9.84. The first-order chi connectivity index (χ1) is 12.2. The van der Waals surface area contributed by atoms with Gasteiger partial charge in [-0.1, -0.05) is 57.8 Å². The van der Waals surface area contributed by atoms with Crippen LogP contribution in [0.5, 0.6) is 0 Å². The summed E-state index contributed by atoms with van der Waals surface area (Å²) in [5.41, 5.74) is 0. The number of rotatable bonds is 10. The molecule has 1 rings (SSSR count). The molecule has 0 radical (unpaired) electrons. The van der Waals surface area contributed by atoms with Crippen LogP contribution in [0.2, 0.25) is 0 Å². The van der Waals surface area contributed by atoms with Crippen molar-refractivity contribution in [3.63, 3.8) is 0 Å². The summed E-state index contributed by atoms with van der Waals surface area (Å²) in [7, 11) is 0. The molecule has 0 aliphatic heterocycles. The van der Waals surface area contributed by atoms with Crippen LogP contribution in [-0.2, 0) is 14.3 Å². The van der Waals surface area contributed by atoms with Crippen LogP contribution in [0.1, 0.15) is 78.1 Å². The minimum Gasteiger partial charge on any atom is -0.464 e. The number of nitrogens with one attached hydrogen (secondary N) is 1. The van der Waals surface area contributed by atoms with E-state index in [1.54, 1.807) is 6.92 Å². The maximum atomic E-state index is 12.5. The number of ether oxygens (including phenoxy) is 2. The molecule has 5 nitrogen and oxygen atoms in total. The van der Waals surface area contributed by atoms with Crippen molar-refractivity contribution in [1.29, 1.82) is 0 Å². The van der Waals surface area contributed by atoms with Crippen LogP contribution in [0.4, 0.5) is 4.79 Å². The molecule has 1 N–H and O–H groups in total. The molecule has 5 heteroatoms. The van der Waals surface area contributed by atoms with E-state index in [9.17, 15) is 9.59 Å². The number of carbonyl (C=O) groups excluding carboxylic acids is 2. The fraction of sp³-hybridized carbons (Fsp3) is 0.800. The second kappa shape index (κ2) is 13.6. The molecule has 1 aliphatic carbocycles. The van der Waals surface area contributed by atoms with E-state index in [-0.39, 0.29) is 18.5 Å². The fourth-order valence-corrected chi connectivity index (χ4v) is 3.15. The van der Waals surface area contributed by atoms with Gasteiger partial charge >= 0.3 is 12.1 Å². The van der Waals surface area contributed by atoms with Gasteiger partial charge in [-0.3, -0.25) is 0 Å². The molecule has 1 unspecified atom stereocenters. The van der Waals surface area contributed by atoms with Crippen LogP contribution in [0.25, 0.3) is 0 Å². The summed E-state index contributed by atoms with van der Waals surface area (Å²) in [4.78, 5) is 24.4. The summed E-state index contributed by atoms with van der Waals surface area (Å²) in [5.74, 6) is 5.13. The highest BCUT2D eigenvalue weighted by Gasteiger charge is 2.32. The standard InChI is InChI=1S/C20H33NO4/c1-3-5-7-8-12-16-24-19(22)18(17-13-10-9-11-14-17)21-20(23)25-15-6-4-2/h17-18H,3,5,7-16H2,1-2H3,(H,21,23). The van der Waals surface area contributed by atoms with E-state index in [4.69, 9.17) is 9.47 Å². The fourth-order valence-electron chi connectivity index (χ4n) is 3.15. The summed E-state index contributed by atoms with van der Waals surface area (Å²) in [6.07, 6.45) is 10.2. The highest BCUT2D eigenvalue weighted by Crippen LogP contribution is 2.27. The zero-order valence-electron chi connectivity index (χ0n) is 15.8. The Kier molecular flexibility index (Phi) is 11.6. The average molecular weight is 351 g/mol. The van der Waals surface area contributed by atoms with E-state index in [2.05, 4.69) is 24.1 Å². The van der Waals surface area contributed by atoms with Gasteiger partial charge in [-0.25, -0.2) is 9.59 Å². The molecular formula is C20H33NO4. The molecule has 0 aromatic carbocycles. The molecule has 25 heavy (non-hydrogen) atoms. The Labute approximate surface area is 152 Å². The average Bonchev–Trinajstić information content (AvgIpc) is 2.63. The van der Waals surface area contributed by atoms with Crippen LogP contribution in [-0.4, -0.2) is 31.3 Å². The van der Waals surface area contributed by atoms with Crippen molar-refractivity contribution < 1.29 is 19.1 Å². The minimum absolute atomic E-state index is 0.0339. The van der Waals surface area contributed by atoms with Crippen LogP contribution in [0, 0.1) is 17.8 Å². The Morgan fingerprint density at radius 1 is 1.08 bits per heavy atom. The molecule has 1 atom stereocenters. The first-order valence-electron chi connectivity index (χ1n) is 9.68. The topological polar surface area (TPSA) is 64.6 Å². The molecular weight excluding hydrogens is 318 g/mol. The largest absolute Gasteiger partial charge is 0.464 e. The molecule has 0 bridgehead atoms. The number of carbonyl (C=O) groups is 2. The number of unbranched alkanes of at least 4 members (excludes halogenated alkanes) is 4. The van der Waals surface area contributed by atoms with E-state index in [0.717, 1.165) is 38.5 Å². The molecule has 1 amide bonds. The number of esters is 1. The molecule has 0 spiro atoms. The van der Waals surface area contributed by atoms with E-state index < -0.39 is 12.1 Å². The van der Waals surface area contributed by atoms with Crippen LogP contribution >= 0.6 is 0 Å². The van der Waals surface area contributed by atoms with E-state index >= 15 is 0 Å². The lowest BCUT2D eigenvalue weighted by Gasteiger charge is -2.29. The van der Waals surface area contributed by atoms with Gasteiger partial charge in [0.1, 0.15) is 6.04 Å². The van der Waals surface area contributed by atoms with E-state index in [1.807, 2.05) is 0 Å². The van der Waals surface area contributed by atoms with Gasteiger partial charge in [-0.15, -0.1) is 5.92 Å². The quantitative estimate of drug-likeness (QED) is 0.364. The first-order valence-corrected chi connectivity index (χ1v) is 9.68. The Morgan fingerprint density at radius 3 is 2.48 bits per heavy atom. The van der Waals surface area contributed by atoms with Crippen LogP contribution < -0.4 is 5.32 Å². The van der Waals surface area contributed by atoms with Crippen molar-refractivity contribution in [2.24, 2.45) is 5.92 Å². The van der Waals surface area contributed by atoms with Crippen molar-refractivity contribution in [3.05, 3.63) is 0 Å². The molecule has 1 aliphatic rings. The van der Waals surface area contributed by atoms with Gasteiger partial charge in [0.2, 0.25) is 0 Å². The SMILES string of the molecule is CC#CCOC(=O)NC(C(=O)OCCCCCCC)C1CCCCC1. The Balaban J connectivity index is 2.46. The van der Waals surface area contributed by atoms with Gasteiger partial charge in [0.15, 0.2) is 6.61 Å². The Morgan fingerprint density at radius 2 is 1.80 bits per heavy atom. The second-order valence-corrected chi connectivity index (χ2v) is 6.60. The van der Waals surface area contributed by atoms with Gasteiger partial charge in [0.05, 0.1) is 6.61 Å². The van der Waals surface area contributed by atoms with Gasteiger partial charge in [-0.05, 0) is 32.1 Å². The summed E-state index contributed by atoms with van der Waals surface area (Å²) in [6.45, 7) is 4.31. The van der Waals surface area contributed by atoms with E-state index in [1.165, 1.54) is 25.7 Å². The third kappa shape index (κ3) is 9.38. The van der Waals surface area contributed by atoms with Crippen LogP contribution in [0.15, 0.2) is 0 Å². The van der Waals surface area contributed by atoms with Crippen molar-refractivity contribution in [2.75, 3.05) is 13.2 Å². The van der Waals surface area contributed by atoms with Gasteiger partial charge in [-0.2, -0.15) is 0 Å². The molecule has 1 fully saturated rings. The molecule has 0 heterocycles. The van der Waals surface area contributed by atoms with Gasteiger partial charge in [0.25, 0.3) is 0 Å². The normalized spacial score (nSPS) is 15.6. The maximum Gasteiger partial charge on any atom is 0.408 e. The summed E-state index contributed by atoms with van der Waals surface area (Å²) in [6, 6.07) is -0.613. The summed E-state index contributed by atoms with van der Waals surface area (Å²) in [5, 5.41) is 2.70. The number of hydrogen-bond acceptors (Lipinski definition) is 4. The van der Waals surface area contributed by atoms with Gasteiger partial charge < -0.3 is 14.8 Å². The molecule has 0 aromatic rings. The number of hydrogen-bond donors (Lipinski definition) is 1. The second-order valence-electron chi connectivity index (χ2n) is 6.60. The predicted molar refractivity (Wildman–Crippen MR) is 98.0 cm³/mol. The van der Waals surface area contributed by atoms with E-state index in [0.29, 0.717) is 6.61 Å². The highest BCUT2D eigenvalue weighted by atomic mass is 16.6. The monoisotopic (exact) mass is 351 g/mol. The van der Waals surface area contributed by atoms with Crippen molar-refractivity contribution in [3.8, 4) is 11.8 Å². The zero-order valence-corrected chi connectivity index (χ0v) is 15.8. The smallest absolute Gasteiger partial charge is 0.408 e. The number of alkyl carbamates (subject to hydrolysis) is 1. The third-order valence-electron chi connectivity index (χ3n) is 4.59. The lowest BCUT2D eigenvalue weighted by molar-refractivity contribution is -0.148. The Hall–Kier alpha value is -1.70. The molecule has 0 aromatic heterocycles. The summed E-state index contributed by atoms with van der Waals surface area (Å²) >= 11 is 0. The lowest BCUT2D eigenvalue weighted by Crippen LogP contribution is -2.47. The van der Waals surface area contributed by atoms with Gasteiger partial charge in [0, 0.05) is 0 Å². The maximum absolute atomic E-state index is 12.5. The molecule has 142 valence electrons. The zero-order chi connectivity index (χ0) is 18.3. The van der Waals surface area contributed by atoms with Crippen molar-refractivity contribution in [1.82, 2.24) is 5.32 Å². The molecule has 1 saturated carbocycles. The summed E-state index contributed by atoms with van der Waals surface area (Å²) < 4.78 is 10.4. The first kappa shape index (κ1) is 21.3. The third-order valence-corrected chi connectivity index (χ3v) is 4.59. The van der Waals surface area contributed by atoms with Crippen molar-refractivity contribution >= 4 is 12.1 Å². The predicted octanol–water partition coefficient (Wildman–Crippen LogP) is 4.20. The highest BCUT2D eigenvalue weighted by molar-refractivity contribution is 5.81.